The molecule has 1 aromatic heterocycles. The maximum atomic E-state index is 5.28. The van der Waals surface area contributed by atoms with Crippen LogP contribution in [0, 0.1) is 0 Å². The number of methoxy groups -OCH3 is 2. The molecule has 1 aliphatic carbocycles. The average Bonchev–Trinajstić information content (AvgIpc) is 2.40. The molecule has 2 rings (SSSR count). The van der Waals surface area contributed by atoms with Gasteiger partial charge in [0.2, 0.25) is 11.8 Å². The third-order valence-corrected chi connectivity index (χ3v) is 4.24. The molecule has 0 radical (unpaired) electrons. The van der Waals surface area contributed by atoms with E-state index in [2.05, 4.69) is 34.3 Å². The van der Waals surface area contributed by atoms with Crippen LogP contribution >= 0.6 is 0 Å². The molecule has 6 heteroatoms. The second-order valence-electron chi connectivity index (χ2n) is 5.45. The van der Waals surface area contributed by atoms with Gasteiger partial charge < -0.3 is 19.7 Å². The van der Waals surface area contributed by atoms with Crippen molar-refractivity contribution in [3.05, 3.63) is 11.9 Å². The Morgan fingerprint density at radius 2 is 1.80 bits per heavy atom. The van der Waals surface area contributed by atoms with Crippen LogP contribution in [0.5, 0.6) is 11.8 Å². The Morgan fingerprint density at radius 3 is 2.20 bits per heavy atom. The first kappa shape index (κ1) is 15.0. The monoisotopic (exact) mass is 280 g/mol. The van der Waals surface area contributed by atoms with E-state index in [0.717, 1.165) is 12.1 Å². The van der Waals surface area contributed by atoms with Crippen LogP contribution in [0.25, 0.3) is 0 Å². The van der Waals surface area contributed by atoms with Gasteiger partial charge in [-0.25, -0.2) is 9.97 Å². The number of likely N-dealkylation sites (N-methyl/N-ethyl adjacent to an activating group) is 1. The molecular formula is C14H24N4O2. The van der Waals surface area contributed by atoms with Gasteiger partial charge in [0.15, 0.2) is 0 Å². The Kier molecular flexibility index (Phi) is 4.77. The van der Waals surface area contributed by atoms with Crippen LogP contribution in [-0.4, -0.2) is 55.3 Å². The van der Waals surface area contributed by atoms with Crippen molar-refractivity contribution in [3.8, 4) is 11.8 Å². The molecule has 0 aliphatic heterocycles. The van der Waals surface area contributed by atoms with Crippen molar-refractivity contribution < 1.29 is 9.47 Å². The van der Waals surface area contributed by atoms with Crippen LogP contribution in [0.2, 0.25) is 0 Å². The predicted molar refractivity (Wildman–Crippen MR) is 77.1 cm³/mol. The summed E-state index contributed by atoms with van der Waals surface area (Å²) in [5.74, 6) is 1.13. The molecule has 0 saturated heterocycles. The van der Waals surface area contributed by atoms with Gasteiger partial charge in [0.1, 0.15) is 6.33 Å². The van der Waals surface area contributed by atoms with Gasteiger partial charge >= 0.3 is 0 Å². The highest BCUT2D eigenvalue weighted by atomic mass is 16.5. The minimum atomic E-state index is 0.288. The average molecular weight is 280 g/mol. The highest BCUT2D eigenvalue weighted by Gasteiger charge is 2.38. The Balaban J connectivity index is 2.00. The van der Waals surface area contributed by atoms with Crippen LogP contribution in [0.1, 0.15) is 24.8 Å². The molecule has 1 aromatic rings. The fraction of sp³-hybridized carbons (Fsp3) is 0.714. The van der Waals surface area contributed by atoms with Gasteiger partial charge in [-0.1, -0.05) is 0 Å². The van der Waals surface area contributed by atoms with Crippen molar-refractivity contribution in [1.82, 2.24) is 20.2 Å². The van der Waals surface area contributed by atoms with Crippen molar-refractivity contribution >= 4 is 0 Å². The van der Waals surface area contributed by atoms with E-state index < -0.39 is 0 Å². The van der Waals surface area contributed by atoms with Gasteiger partial charge in [-0.15, -0.1) is 0 Å². The first-order chi connectivity index (χ1) is 9.63. The lowest BCUT2D eigenvalue weighted by Gasteiger charge is -2.47. The molecule has 0 amide bonds. The summed E-state index contributed by atoms with van der Waals surface area (Å²) in [7, 11) is 7.51. The molecule has 20 heavy (non-hydrogen) atoms. The van der Waals surface area contributed by atoms with Gasteiger partial charge in [-0.3, -0.25) is 0 Å². The largest absolute Gasteiger partial charge is 0.481 e. The first-order valence-corrected chi connectivity index (χ1v) is 6.93. The third kappa shape index (κ3) is 2.86. The molecule has 112 valence electrons. The standard InChI is InChI=1S/C14H24N4O2/c1-18(2)14(6-5-7-14)9-15-8-11-12(19-3)16-10-17-13(11)20-4/h10,15H,5-9H2,1-4H3. The third-order valence-electron chi connectivity index (χ3n) is 4.24. The summed E-state index contributed by atoms with van der Waals surface area (Å²) in [4.78, 5) is 10.6. The van der Waals surface area contributed by atoms with Crippen LogP contribution in [-0.2, 0) is 6.54 Å². The zero-order valence-corrected chi connectivity index (χ0v) is 12.8. The Hall–Kier alpha value is -1.40. The van der Waals surface area contributed by atoms with E-state index in [4.69, 9.17) is 9.47 Å². The van der Waals surface area contributed by atoms with E-state index in [-0.39, 0.29) is 5.54 Å². The Labute approximate surface area is 120 Å². The molecule has 0 spiro atoms. The first-order valence-electron chi connectivity index (χ1n) is 6.93. The summed E-state index contributed by atoms with van der Waals surface area (Å²) in [6.07, 6.45) is 5.24. The van der Waals surface area contributed by atoms with E-state index in [0.29, 0.717) is 18.3 Å². The molecular weight excluding hydrogens is 256 g/mol. The molecule has 1 aliphatic rings. The topological polar surface area (TPSA) is 59.5 Å². The van der Waals surface area contributed by atoms with Crippen LogP contribution in [0.4, 0.5) is 0 Å². The summed E-state index contributed by atoms with van der Waals surface area (Å²) in [6.45, 7) is 1.59. The molecule has 1 fully saturated rings. The summed E-state index contributed by atoms with van der Waals surface area (Å²) in [6, 6.07) is 0. The van der Waals surface area contributed by atoms with Gasteiger partial charge in [0, 0.05) is 18.6 Å². The molecule has 0 bridgehead atoms. The molecule has 1 saturated carbocycles. The van der Waals surface area contributed by atoms with Crippen LogP contribution in [0.15, 0.2) is 6.33 Å². The van der Waals surface area contributed by atoms with E-state index >= 15 is 0 Å². The van der Waals surface area contributed by atoms with Gasteiger partial charge in [0.25, 0.3) is 0 Å². The van der Waals surface area contributed by atoms with Crippen molar-refractivity contribution in [2.45, 2.75) is 31.3 Å². The summed E-state index contributed by atoms with van der Waals surface area (Å²) < 4.78 is 10.6. The fourth-order valence-electron chi connectivity index (χ4n) is 2.67. The van der Waals surface area contributed by atoms with E-state index in [1.807, 2.05) is 0 Å². The van der Waals surface area contributed by atoms with Crippen molar-refractivity contribution in [2.24, 2.45) is 0 Å². The smallest absolute Gasteiger partial charge is 0.224 e. The number of hydrogen-bond acceptors (Lipinski definition) is 6. The molecule has 1 heterocycles. The number of nitrogens with one attached hydrogen (secondary N) is 1. The highest BCUT2D eigenvalue weighted by molar-refractivity contribution is 5.34. The lowest BCUT2D eigenvalue weighted by atomic mass is 9.75. The number of hydrogen-bond donors (Lipinski definition) is 1. The summed E-state index contributed by atoms with van der Waals surface area (Å²) in [5.41, 5.74) is 1.15. The number of nitrogens with zero attached hydrogens (tertiary/aromatic N) is 3. The Bertz CT molecular complexity index is 425. The highest BCUT2D eigenvalue weighted by Crippen LogP contribution is 2.35. The van der Waals surface area contributed by atoms with Gasteiger partial charge in [0.05, 0.1) is 19.8 Å². The lowest BCUT2D eigenvalue weighted by Crippen LogP contribution is -2.56. The minimum Gasteiger partial charge on any atom is -0.481 e. The SMILES string of the molecule is COc1ncnc(OC)c1CNCC1(N(C)C)CCC1. The molecule has 6 nitrogen and oxygen atoms in total. The molecule has 1 N–H and O–H groups in total. The van der Waals surface area contributed by atoms with Gasteiger partial charge in [-0.05, 0) is 33.4 Å². The van der Waals surface area contributed by atoms with E-state index in [1.54, 1.807) is 14.2 Å². The summed E-state index contributed by atoms with van der Waals surface area (Å²) >= 11 is 0. The zero-order valence-electron chi connectivity index (χ0n) is 12.8. The summed E-state index contributed by atoms with van der Waals surface area (Å²) in [5, 5.41) is 3.49. The van der Waals surface area contributed by atoms with Crippen molar-refractivity contribution in [1.29, 1.82) is 0 Å². The van der Waals surface area contributed by atoms with Gasteiger partial charge in [-0.2, -0.15) is 0 Å². The second-order valence-corrected chi connectivity index (χ2v) is 5.45. The maximum absolute atomic E-state index is 5.28. The quantitative estimate of drug-likeness (QED) is 0.806. The fourth-order valence-corrected chi connectivity index (χ4v) is 2.67. The Morgan fingerprint density at radius 1 is 1.20 bits per heavy atom. The van der Waals surface area contributed by atoms with Crippen LogP contribution < -0.4 is 14.8 Å². The maximum Gasteiger partial charge on any atom is 0.224 e. The van der Waals surface area contributed by atoms with Crippen molar-refractivity contribution in [3.63, 3.8) is 0 Å². The van der Waals surface area contributed by atoms with E-state index in [9.17, 15) is 0 Å². The molecule has 0 unspecified atom stereocenters. The number of ether oxygens (including phenoxy) is 2. The normalized spacial score (nSPS) is 16.9. The molecule has 0 aromatic carbocycles. The lowest BCUT2D eigenvalue weighted by molar-refractivity contribution is 0.0597. The zero-order chi connectivity index (χ0) is 14.6. The second kappa shape index (κ2) is 6.37. The minimum absolute atomic E-state index is 0.288. The molecule has 0 atom stereocenters. The van der Waals surface area contributed by atoms with Crippen LogP contribution in [0.3, 0.4) is 0 Å². The van der Waals surface area contributed by atoms with Crippen molar-refractivity contribution in [2.75, 3.05) is 34.9 Å². The van der Waals surface area contributed by atoms with E-state index in [1.165, 1.54) is 25.6 Å². The number of rotatable bonds is 7. The number of aromatic nitrogens is 2. The predicted octanol–water partition coefficient (Wildman–Crippen LogP) is 1.07.